The molecule has 0 spiro atoms. The quantitative estimate of drug-likeness (QED) is 0.341. The van der Waals surface area contributed by atoms with Crippen molar-refractivity contribution in [3.63, 3.8) is 0 Å². The first-order chi connectivity index (χ1) is 14.2. The molecular weight excluding hydrogens is 378 g/mol. The number of aromatic nitrogens is 4. The number of nitrogens with zero attached hydrogens (tertiary/aromatic N) is 6. The maximum atomic E-state index is 11.1. The lowest BCUT2D eigenvalue weighted by Crippen LogP contribution is -2.37. The lowest BCUT2D eigenvalue weighted by atomic mass is 10.1. The van der Waals surface area contributed by atoms with Crippen molar-refractivity contribution in [2.45, 2.75) is 39.0 Å². The van der Waals surface area contributed by atoms with Crippen LogP contribution in [0.25, 0.3) is 0 Å². The van der Waals surface area contributed by atoms with Crippen LogP contribution in [0.15, 0.2) is 16.9 Å². The summed E-state index contributed by atoms with van der Waals surface area (Å²) in [5.74, 6) is 1.64. The molecule has 1 amide bonds. The fraction of sp³-hybridized carbons (Fsp3) is 0.611. The number of amides is 1. The van der Waals surface area contributed by atoms with Gasteiger partial charge in [0, 0.05) is 26.1 Å². The van der Waals surface area contributed by atoms with Crippen molar-refractivity contribution in [2.75, 3.05) is 42.6 Å². The molecule has 0 aliphatic carbocycles. The molecule has 1 saturated heterocycles. The minimum absolute atomic E-state index is 0.316. The van der Waals surface area contributed by atoms with E-state index in [1.54, 1.807) is 24.8 Å². The van der Waals surface area contributed by atoms with Crippen LogP contribution in [-0.2, 0) is 9.53 Å². The summed E-state index contributed by atoms with van der Waals surface area (Å²) in [6.07, 6.45) is 7.12. The van der Waals surface area contributed by atoms with Gasteiger partial charge in [0.15, 0.2) is 11.6 Å². The third kappa shape index (κ3) is 6.09. The van der Waals surface area contributed by atoms with Crippen LogP contribution in [0.4, 0.5) is 17.7 Å². The topological polar surface area (TPSA) is 130 Å². The molecule has 0 saturated carbocycles. The van der Waals surface area contributed by atoms with Crippen LogP contribution < -0.4 is 15.3 Å². The van der Waals surface area contributed by atoms with E-state index >= 15 is 0 Å². The second kappa shape index (κ2) is 10.7. The van der Waals surface area contributed by atoms with Gasteiger partial charge >= 0.3 is 6.01 Å². The van der Waals surface area contributed by atoms with Gasteiger partial charge < -0.3 is 14.2 Å². The number of unbranched alkanes of at least 4 members (excludes halogenated alkanes) is 3. The van der Waals surface area contributed by atoms with E-state index < -0.39 is 0 Å². The van der Waals surface area contributed by atoms with Crippen molar-refractivity contribution in [3.05, 3.63) is 18.2 Å². The van der Waals surface area contributed by atoms with Gasteiger partial charge in [0.1, 0.15) is 5.82 Å². The number of rotatable bonds is 10. The second-order valence-corrected chi connectivity index (χ2v) is 6.81. The molecule has 29 heavy (non-hydrogen) atoms. The average molecular weight is 405 g/mol. The van der Waals surface area contributed by atoms with Gasteiger partial charge in [0.25, 0.3) is 0 Å². The normalized spacial score (nSPS) is 14.1. The third-order valence-electron chi connectivity index (χ3n) is 4.63. The van der Waals surface area contributed by atoms with Gasteiger partial charge in [0.05, 0.1) is 25.6 Å². The van der Waals surface area contributed by atoms with Crippen molar-refractivity contribution < 1.29 is 19.3 Å². The van der Waals surface area contributed by atoms with Gasteiger partial charge in [-0.05, 0) is 19.8 Å². The molecule has 11 nitrogen and oxygen atoms in total. The van der Waals surface area contributed by atoms with E-state index in [1.807, 2.05) is 4.90 Å². The highest BCUT2D eigenvalue weighted by Gasteiger charge is 2.20. The molecule has 2 aromatic heterocycles. The number of carbonyl (C=O) groups is 1. The summed E-state index contributed by atoms with van der Waals surface area (Å²) < 4.78 is 10.8. The predicted molar refractivity (Wildman–Crippen MR) is 104 cm³/mol. The van der Waals surface area contributed by atoms with Crippen molar-refractivity contribution in [3.8, 4) is 0 Å². The Hall–Kier alpha value is -2.79. The molecule has 0 atom stereocenters. The minimum atomic E-state index is -0.358. The van der Waals surface area contributed by atoms with Gasteiger partial charge in [-0.25, -0.2) is 10.5 Å². The molecule has 1 aliphatic heterocycles. The van der Waals surface area contributed by atoms with E-state index in [1.165, 1.54) is 0 Å². The van der Waals surface area contributed by atoms with Gasteiger partial charge in [-0.1, -0.05) is 18.0 Å². The molecule has 0 unspecified atom stereocenters. The third-order valence-corrected chi connectivity index (χ3v) is 4.63. The Balaban J connectivity index is 1.64. The van der Waals surface area contributed by atoms with Crippen LogP contribution >= 0.6 is 0 Å². The maximum Gasteiger partial charge on any atom is 0.329 e. The molecule has 2 N–H and O–H groups in total. The number of nitrogens with one attached hydrogen (secondary N) is 1. The first kappa shape index (κ1) is 20.9. The van der Waals surface area contributed by atoms with E-state index in [9.17, 15) is 4.79 Å². The molecule has 11 heteroatoms. The number of morpholine rings is 1. The highest BCUT2D eigenvalue weighted by Crippen LogP contribution is 2.24. The average Bonchev–Trinajstić information content (AvgIpc) is 3.19. The Morgan fingerprint density at radius 3 is 2.72 bits per heavy atom. The molecule has 1 aliphatic rings. The Kier molecular flexibility index (Phi) is 7.70. The highest BCUT2D eigenvalue weighted by atomic mass is 16.5. The molecule has 3 heterocycles. The zero-order valence-corrected chi connectivity index (χ0v) is 16.6. The van der Waals surface area contributed by atoms with E-state index in [-0.39, 0.29) is 5.91 Å². The van der Waals surface area contributed by atoms with Crippen LogP contribution in [-0.4, -0.2) is 64.1 Å². The highest BCUT2D eigenvalue weighted by molar-refractivity contribution is 5.74. The summed E-state index contributed by atoms with van der Waals surface area (Å²) in [4.78, 5) is 28.5. The van der Waals surface area contributed by atoms with E-state index in [0.717, 1.165) is 44.6 Å². The van der Waals surface area contributed by atoms with Gasteiger partial charge in [0.2, 0.25) is 5.91 Å². The fourth-order valence-electron chi connectivity index (χ4n) is 3.09. The Labute approximate surface area is 169 Å². The Bertz CT molecular complexity index is 779. The van der Waals surface area contributed by atoms with Crippen molar-refractivity contribution in [1.29, 1.82) is 0 Å². The molecule has 158 valence electrons. The second-order valence-electron chi connectivity index (χ2n) is 6.81. The number of hydroxylamine groups is 1. The SMILES string of the molecule is Cc1noc(N(CCCCCCC(=O)NO)c2cncc(N3CCOCC3)n2)n1. The minimum Gasteiger partial charge on any atom is -0.378 e. The van der Waals surface area contributed by atoms with Gasteiger partial charge in [-0.15, -0.1) is 0 Å². The van der Waals surface area contributed by atoms with Crippen molar-refractivity contribution in [1.82, 2.24) is 25.6 Å². The number of carbonyl (C=O) groups excluding carboxylic acids is 1. The number of anilines is 3. The molecular formula is C18H27N7O4. The summed E-state index contributed by atoms with van der Waals surface area (Å²) in [5, 5.41) is 12.4. The van der Waals surface area contributed by atoms with Crippen LogP contribution in [0, 0.1) is 6.92 Å². The summed E-state index contributed by atoms with van der Waals surface area (Å²) in [5.41, 5.74) is 1.65. The Morgan fingerprint density at radius 1 is 1.21 bits per heavy atom. The van der Waals surface area contributed by atoms with Crippen LogP contribution in [0.2, 0.25) is 0 Å². The van der Waals surface area contributed by atoms with E-state index in [2.05, 4.69) is 20.0 Å². The molecule has 3 rings (SSSR count). The molecule has 0 aromatic carbocycles. The molecule has 0 radical (unpaired) electrons. The Morgan fingerprint density at radius 2 is 2.00 bits per heavy atom. The predicted octanol–water partition coefficient (Wildman–Crippen LogP) is 1.60. The van der Waals surface area contributed by atoms with Crippen LogP contribution in [0.1, 0.15) is 37.9 Å². The van der Waals surface area contributed by atoms with Gasteiger partial charge in [-0.2, -0.15) is 4.98 Å². The molecule has 0 bridgehead atoms. The summed E-state index contributed by atoms with van der Waals surface area (Å²) in [6.45, 7) is 5.31. The molecule has 1 fully saturated rings. The standard InChI is InChI=1S/C18H27N7O4/c1-14-20-18(29-23-14)25(7-5-3-2-4-6-17(26)22-27)16-13-19-12-15(21-16)24-8-10-28-11-9-24/h12-13,27H,2-11H2,1H3,(H,22,26). The number of hydrogen-bond donors (Lipinski definition) is 2. The van der Waals surface area contributed by atoms with E-state index in [4.69, 9.17) is 19.5 Å². The summed E-state index contributed by atoms with van der Waals surface area (Å²) >= 11 is 0. The molecule has 2 aromatic rings. The first-order valence-electron chi connectivity index (χ1n) is 9.83. The monoisotopic (exact) mass is 405 g/mol. The number of aryl methyl sites for hydroxylation is 1. The smallest absolute Gasteiger partial charge is 0.329 e. The fourth-order valence-corrected chi connectivity index (χ4v) is 3.09. The maximum absolute atomic E-state index is 11.1. The summed E-state index contributed by atoms with van der Waals surface area (Å²) in [6, 6.07) is 0.385. The lowest BCUT2D eigenvalue weighted by molar-refractivity contribution is -0.129. The zero-order chi connectivity index (χ0) is 20.5. The van der Waals surface area contributed by atoms with Gasteiger partial charge in [-0.3, -0.25) is 19.9 Å². The number of ether oxygens (including phenoxy) is 1. The summed E-state index contributed by atoms with van der Waals surface area (Å²) in [7, 11) is 0. The van der Waals surface area contributed by atoms with Crippen LogP contribution in [0.5, 0.6) is 0 Å². The van der Waals surface area contributed by atoms with Crippen LogP contribution in [0.3, 0.4) is 0 Å². The van der Waals surface area contributed by atoms with E-state index in [0.29, 0.717) is 43.8 Å². The zero-order valence-electron chi connectivity index (χ0n) is 16.6. The number of hydrogen-bond acceptors (Lipinski definition) is 10. The lowest BCUT2D eigenvalue weighted by Gasteiger charge is -2.28. The van der Waals surface area contributed by atoms with Crippen molar-refractivity contribution >= 4 is 23.6 Å². The first-order valence-corrected chi connectivity index (χ1v) is 9.83. The van der Waals surface area contributed by atoms with Crippen molar-refractivity contribution in [2.24, 2.45) is 0 Å². The largest absolute Gasteiger partial charge is 0.378 e.